The Morgan fingerprint density at radius 2 is 1.93 bits per heavy atom. The van der Waals surface area contributed by atoms with Crippen molar-refractivity contribution < 1.29 is 14.6 Å². The molecule has 0 aliphatic heterocycles. The highest BCUT2D eigenvalue weighted by atomic mass is 32.2. The highest BCUT2D eigenvalue weighted by molar-refractivity contribution is 7.99. The summed E-state index contributed by atoms with van der Waals surface area (Å²) in [5.74, 6) is 1.10. The van der Waals surface area contributed by atoms with Crippen molar-refractivity contribution in [3.63, 3.8) is 0 Å². The third kappa shape index (κ3) is 5.76. The lowest BCUT2D eigenvalue weighted by Gasteiger charge is -2.10. The lowest BCUT2D eigenvalue weighted by atomic mass is 10.2. The van der Waals surface area contributed by atoms with Gasteiger partial charge in [0.1, 0.15) is 5.75 Å². The van der Waals surface area contributed by atoms with Crippen LogP contribution in [0.5, 0.6) is 5.75 Å². The van der Waals surface area contributed by atoms with Crippen LogP contribution in [0.2, 0.25) is 0 Å². The quantitative estimate of drug-likeness (QED) is 0.316. The van der Waals surface area contributed by atoms with Crippen molar-refractivity contribution in [1.82, 2.24) is 9.55 Å². The molecule has 29 heavy (non-hydrogen) atoms. The summed E-state index contributed by atoms with van der Waals surface area (Å²) in [4.78, 5) is 15.4. The smallest absolute Gasteiger partial charge is 0.303 e. The first-order valence-electron chi connectivity index (χ1n) is 10.2. The summed E-state index contributed by atoms with van der Waals surface area (Å²) < 4.78 is 8.13. The number of ether oxygens (including phenoxy) is 1. The van der Waals surface area contributed by atoms with Gasteiger partial charge >= 0.3 is 5.97 Å². The second-order valence-electron chi connectivity index (χ2n) is 7.12. The fraction of sp³-hybridized carbons (Fsp3) is 0.391. The van der Waals surface area contributed by atoms with Gasteiger partial charge in [-0.3, -0.25) is 9.36 Å². The molecule has 3 aromatic rings. The van der Waals surface area contributed by atoms with Gasteiger partial charge in [0, 0.05) is 23.9 Å². The number of aliphatic carboxylic acids is 1. The summed E-state index contributed by atoms with van der Waals surface area (Å²) in [5.41, 5.74) is 4.32. The highest BCUT2D eigenvalue weighted by Crippen LogP contribution is 2.31. The molecule has 6 heteroatoms. The zero-order valence-electron chi connectivity index (χ0n) is 17.1. The molecule has 0 saturated carbocycles. The number of rotatable bonds is 11. The number of aromatic nitrogens is 2. The van der Waals surface area contributed by atoms with E-state index in [9.17, 15) is 4.79 Å². The number of unbranched alkanes of at least 4 members (excludes halogenated alkanes) is 2. The van der Waals surface area contributed by atoms with Crippen molar-refractivity contribution in [3.8, 4) is 11.4 Å². The van der Waals surface area contributed by atoms with Gasteiger partial charge in [-0.25, -0.2) is 4.98 Å². The van der Waals surface area contributed by atoms with Crippen molar-refractivity contribution in [2.75, 3.05) is 12.4 Å². The Morgan fingerprint density at radius 1 is 1.14 bits per heavy atom. The highest BCUT2D eigenvalue weighted by Gasteiger charge is 2.14. The lowest BCUT2D eigenvalue weighted by molar-refractivity contribution is -0.137. The molecular weight excluding hydrogens is 384 g/mol. The standard InChI is InChI=1S/C23H28N2O3S/c1-3-15-29-23-24-20-13-12-19(28-14-6-4-5-7-22(26)27)16-21(20)25(23)18-10-8-17(2)9-11-18/h8-13,16H,3-7,14-15H2,1-2H3,(H,26,27). The number of fused-ring (bicyclic) bond motifs is 1. The monoisotopic (exact) mass is 412 g/mol. The van der Waals surface area contributed by atoms with Gasteiger partial charge in [0.05, 0.1) is 17.6 Å². The maximum atomic E-state index is 10.6. The van der Waals surface area contributed by atoms with Crippen LogP contribution < -0.4 is 4.74 Å². The number of hydrogen-bond donors (Lipinski definition) is 1. The van der Waals surface area contributed by atoms with E-state index in [-0.39, 0.29) is 6.42 Å². The molecule has 1 heterocycles. The van der Waals surface area contributed by atoms with Crippen LogP contribution in [0.1, 0.15) is 44.6 Å². The minimum atomic E-state index is -0.738. The first-order valence-corrected chi connectivity index (χ1v) is 11.1. The molecule has 3 rings (SSSR count). The van der Waals surface area contributed by atoms with Crippen LogP contribution >= 0.6 is 11.8 Å². The molecular formula is C23H28N2O3S. The van der Waals surface area contributed by atoms with Crippen molar-refractivity contribution in [2.24, 2.45) is 0 Å². The van der Waals surface area contributed by atoms with Gasteiger partial charge in [-0.05, 0) is 56.9 Å². The number of carbonyl (C=O) groups is 1. The molecule has 1 aromatic heterocycles. The summed E-state index contributed by atoms with van der Waals surface area (Å²) in [6.07, 6.45) is 3.71. The summed E-state index contributed by atoms with van der Waals surface area (Å²) in [5, 5.41) is 9.70. The van der Waals surface area contributed by atoms with Crippen molar-refractivity contribution in [1.29, 1.82) is 0 Å². The van der Waals surface area contributed by atoms with E-state index in [4.69, 9.17) is 14.8 Å². The number of carboxylic acid groups (broad SMARTS) is 1. The zero-order chi connectivity index (χ0) is 20.6. The fourth-order valence-corrected chi connectivity index (χ4v) is 3.98. The zero-order valence-corrected chi connectivity index (χ0v) is 17.9. The molecule has 0 saturated heterocycles. The maximum absolute atomic E-state index is 10.6. The molecule has 0 radical (unpaired) electrons. The first-order chi connectivity index (χ1) is 14.1. The molecule has 0 bridgehead atoms. The number of nitrogens with zero attached hydrogens (tertiary/aromatic N) is 2. The van der Waals surface area contributed by atoms with E-state index in [1.807, 2.05) is 12.1 Å². The molecule has 0 unspecified atom stereocenters. The third-order valence-corrected chi connectivity index (χ3v) is 5.77. The Morgan fingerprint density at radius 3 is 2.66 bits per heavy atom. The summed E-state index contributed by atoms with van der Waals surface area (Å²) in [6.45, 7) is 4.85. The average Bonchev–Trinajstić information content (AvgIpc) is 3.07. The Balaban J connectivity index is 1.79. The third-order valence-electron chi connectivity index (χ3n) is 4.63. The van der Waals surface area contributed by atoms with Crippen molar-refractivity contribution >= 4 is 28.8 Å². The molecule has 5 nitrogen and oxygen atoms in total. The summed E-state index contributed by atoms with van der Waals surface area (Å²) in [6, 6.07) is 14.5. The number of imidazole rings is 1. The molecule has 0 atom stereocenters. The van der Waals surface area contributed by atoms with E-state index in [0.29, 0.717) is 13.0 Å². The molecule has 1 N–H and O–H groups in total. The second-order valence-corrected chi connectivity index (χ2v) is 8.18. The number of benzene rings is 2. The van der Waals surface area contributed by atoms with E-state index in [0.717, 1.165) is 52.6 Å². The van der Waals surface area contributed by atoms with Gasteiger partial charge in [-0.2, -0.15) is 0 Å². The van der Waals surface area contributed by atoms with E-state index < -0.39 is 5.97 Å². The summed E-state index contributed by atoms with van der Waals surface area (Å²) in [7, 11) is 0. The first kappa shape index (κ1) is 21.2. The van der Waals surface area contributed by atoms with E-state index in [1.165, 1.54) is 5.56 Å². The van der Waals surface area contributed by atoms with Gasteiger partial charge in [0.25, 0.3) is 0 Å². The Kier molecular flexibility index (Phi) is 7.58. The lowest BCUT2D eigenvalue weighted by Crippen LogP contribution is -2.00. The van der Waals surface area contributed by atoms with Gasteiger partial charge < -0.3 is 9.84 Å². The normalized spacial score (nSPS) is 11.1. The van der Waals surface area contributed by atoms with E-state index in [2.05, 4.69) is 48.7 Å². The van der Waals surface area contributed by atoms with E-state index >= 15 is 0 Å². The number of hydrogen-bond acceptors (Lipinski definition) is 4. The minimum absolute atomic E-state index is 0.222. The summed E-state index contributed by atoms with van der Waals surface area (Å²) >= 11 is 1.77. The SMILES string of the molecule is CCCSc1nc2ccc(OCCCCCC(=O)O)cc2n1-c1ccc(C)cc1. The van der Waals surface area contributed by atoms with Crippen LogP contribution in [0.3, 0.4) is 0 Å². The molecule has 0 amide bonds. The molecule has 154 valence electrons. The fourth-order valence-electron chi connectivity index (χ4n) is 3.10. The number of aryl methyl sites for hydroxylation is 1. The van der Waals surface area contributed by atoms with Crippen LogP contribution in [-0.4, -0.2) is 33.0 Å². The predicted octanol–water partition coefficient (Wildman–Crippen LogP) is 5.86. The molecule has 0 aliphatic rings. The second kappa shape index (κ2) is 10.3. The van der Waals surface area contributed by atoms with Crippen LogP contribution in [0.4, 0.5) is 0 Å². The van der Waals surface area contributed by atoms with Crippen LogP contribution in [-0.2, 0) is 4.79 Å². The largest absolute Gasteiger partial charge is 0.494 e. The number of thioether (sulfide) groups is 1. The van der Waals surface area contributed by atoms with Crippen LogP contribution in [0, 0.1) is 6.92 Å². The molecule has 0 aliphatic carbocycles. The average molecular weight is 413 g/mol. The molecule has 0 spiro atoms. The van der Waals surface area contributed by atoms with Gasteiger partial charge in [0.2, 0.25) is 0 Å². The van der Waals surface area contributed by atoms with Gasteiger partial charge in [0.15, 0.2) is 5.16 Å². The van der Waals surface area contributed by atoms with Crippen molar-refractivity contribution in [3.05, 3.63) is 48.0 Å². The number of carboxylic acids is 1. The van der Waals surface area contributed by atoms with Crippen LogP contribution in [0.15, 0.2) is 47.6 Å². The molecule has 2 aromatic carbocycles. The molecule has 0 fully saturated rings. The van der Waals surface area contributed by atoms with Crippen LogP contribution in [0.25, 0.3) is 16.7 Å². The van der Waals surface area contributed by atoms with Crippen molar-refractivity contribution in [2.45, 2.75) is 51.1 Å². The Hall–Kier alpha value is -2.47. The van der Waals surface area contributed by atoms with E-state index in [1.54, 1.807) is 11.8 Å². The van der Waals surface area contributed by atoms with Gasteiger partial charge in [-0.15, -0.1) is 0 Å². The minimum Gasteiger partial charge on any atom is -0.494 e. The Labute approximate surface area is 176 Å². The Bertz CT molecular complexity index is 951. The topological polar surface area (TPSA) is 64.3 Å². The van der Waals surface area contributed by atoms with Gasteiger partial charge in [-0.1, -0.05) is 36.4 Å². The predicted molar refractivity (Wildman–Crippen MR) is 118 cm³/mol. The maximum Gasteiger partial charge on any atom is 0.303 e.